The lowest BCUT2D eigenvalue weighted by molar-refractivity contribution is -0.145. The molecular weight excluding hydrogens is 242 g/mol. The zero-order valence-electron chi connectivity index (χ0n) is 12.2. The maximum Gasteiger partial charge on any atom is 0.323 e. The SMILES string of the molecule is CC1CCCC(OCCC(C)(NC2CC2)C(=O)O)C1. The Kier molecular flexibility index (Phi) is 4.85. The van der Waals surface area contributed by atoms with Gasteiger partial charge in [0.15, 0.2) is 0 Å². The molecule has 0 radical (unpaired) electrons. The van der Waals surface area contributed by atoms with E-state index in [0.717, 1.165) is 31.6 Å². The molecule has 3 unspecified atom stereocenters. The van der Waals surface area contributed by atoms with Gasteiger partial charge in [0.05, 0.1) is 6.10 Å². The zero-order valence-corrected chi connectivity index (χ0v) is 12.2. The van der Waals surface area contributed by atoms with Gasteiger partial charge < -0.3 is 9.84 Å². The Morgan fingerprint density at radius 2 is 2.11 bits per heavy atom. The summed E-state index contributed by atoms with van der Waals surface area (Å²) >= 11 is 0. The standard InChI is InChI=1S/C15H27NO3/c1-11-4-3-5-13(10-11)19-9-8-15(2,14(17)18)16-12-6-7-12/h11-13,16H,3-10H2,1-2H3,(H,17,18). The summed E-state index contributed by atoms with van der Waals surface area (Å²) in [5.41, 5.74) is -0.832. The lowest BCUT2D eigenvalue weighted by Crippen LogP contribution is -2.51. The van der Waals surface area contributed by atoms with Crippen molar-refractivity contribution in [3.8, 4) is 0 Å². The van der Waals surface area contributed by atoms with Crippen molar-refractivity contribution in [1.29, 1.82) is 0 Å². The van der Waals surface area contributed by atoms with E-state index >= 15 is 0 Å². The van der Waals surface area contributed by atoms with Gasteiger partial charge in [-0.3, -0.25) is 10.1 Å². The first-order valence-electron chi connectivity index (χ1n) is 7.62. The van der Waals surface area contributed by atoms with Gasteiger partial charge >= 0.3 is 5.97 Å². The number of hydrogen-bond donors (Lipinski definition) is 2. The number of nitrogens with one attached hydrogen (secondary N) is 1. The molecule has 110 valence electrons. The van der Waals surface area contributed by atoms with Gasteiger partial charge in [0.25, 0.3) is 0 Å². The summed E-state index contributed by atoms with van der Waals surface area (Å²) < 4.78 is 5.90. The van der Waals surface area contributed by atoms with Crippen LogP contribution in [0.4, 0.5) is 0 Å². The fourth-order valence-corrected chi connectivity index (χ4v) is 2.88. The molecular formula is C15H27NO3. The minimum Gasteiger partial charge on any atom is -0.480 e. The normalized spacial score (nSPS) is 30.8. The van der Waals surface area contributed by atoms with Crippen LogP contribution in [-0.4, -0.2) is 35.4 Å². The van der Waals surface area contributed by atoms with Crippen LogP contribution in [0.15, 0.2) is 0 Å². The molecule has 0 amide bonds. The van der Waals surface area contributed by atoms with Crippen molar-refractivity contribution in [2.45, 2.75) is 76.5 Å². The summed E-state index contributed by atoms with van der Waals surface area (Å²) in [6.07, 6.45) is 7.88. The molecule has 0 heterocycles. The highest BCUT2D eigenvalue weighted by atomic mass is 16.5. The minimum absolute atomic E-state index is 0.336. The maximum atomic E-state index is 11.4. The van der Waals surface area contributed by atoms with Crippen molar-refractivity contribution in [2.75, 3.05) is 6.61 Å². The van der Waals surface area contributed by atoms with E-state index in [1.54, 1.807) is 6.92 Å². The van der Waals surface area contributed by atoms with E-state index in [1.807, 2.05) is 0 Å². The highest BCUT2D eigenvalue weighted by Gasteiger charge is 2.38. The molecule has 4 heteroatoms. The predicted octanol–water partition coefficient (Wildman–Crippen LogP) is 2.57. The number of carboxylic acid groups (broad SMARTS) is 1. The largest absolute Gasteiger partial charge is 0.480 e. The second-order valence-electron chi connectivity index (χ2n) is 6.57. The van der Waals surface area contributed by atoms with Gasteiger partial charge in [-0.15, -0.1) is 0 Å². The molecule has 2 N–H and O–H groups in total. The second kappa shape index (κ2) is 6.23. The predicted molar refractivity (Wildman–Crippen MR) is 74.2 cm³/mol. The van der Waals surface area contributed by atoms with Crippen LogP contribution >= 0.6 is 0 Å². The third kappa shape index (κ3) is 4.46. The topological polar surface area (TPSA) is 58.6 Å². The fourth-order valence-electron chi connectivity index (χ4n) is 2.88. The Hall–Kier alpha value is -0.610. The van der Waals surface area contributed by atoms with Gasteiger partial charge in [0.2, 0.25) is 0 Å². The van der Waals surface area contributed by atoms with E-state index in [-0.39, 0.29) is 0 Å². The van der Waals surface area contributed by atoms with Crippen molar-refractivity contribution < 1.29 is 14.6 Å². The van der Waals surface area contributed by atoms with Gasteiger partial charge in [0, 0.05) is 12.6 Å². The molecule has 0 spiro atoms. The summed E-state index contributed by atoms with van der Waals surface area (Å²) in [4.78, 5) is 11.4. The quantitative estimate of drug-likeness (QED) is 0.746. The summed E-state index contributed by atoms with van der Waals surface area (Å²) in [6.45, 7) is 4.59. The van der Waals surface area contributed by atoms with Crippen molar-refractivity contribution >= 4 is 5.97 Å². The van der Waals surface area contributed by atoms with E-state index < -0.39 is 11.5 Å². The molecule has 3 atom stereocenters. The van der Waals surface area contributed by atoms with Gasteiger partial charge in [-0.05, 0) is 44.9 Å². The number of rotatable bonds is 7. The summed E-state index contributed by atoms with van der Waals surface area (Å²) in [6, 6.07) is 0.399. The van der Waals surface area contributed by atoms with Gasteiger partial charge in [-0.2, -0.15) is 0 Å². The van der Waals surface area contributed by atoms with Crippen LogP contribution < -0.4 is 5.32 Å². The Morgan fingerprint density at radius 1 is 1.37 bits per heavy atom. The highest BCUT2D eigenvalue weighted by molar-refractivity contribution is 5.78. The summed E-state index contributed by atoms with van der Waals surface area (Å²) in [7, 11) is 0. The van der Waals surface area contributed by atoms with E-state index in [1.165, 1.54) is 12.8 Å². The van der Waals surface area contributed by atoms with Crippen LogP contribution in [0, 0.1) is 5.92 Å². The number of carboxylic acids is 1. The molecule has 2 aliphatic carbocycles. The fraction of sp³-hybridized carbons (Fsp3) is 0.933. The van der Waals surface area contributed by atoms with E-state index in [9.17, 15) is 9.90 Å². The number of ether oxygens (including phenoxy) is 1. The molecule has 0 aliphatic heterocycles. The molecule has 2 fully saturated rings. The third-order valence-electron chi connectivity index (χ3n) is 4.42. The van der Waals surface area contributed by atoms with Crippen LogP contribution in [0.25, 0.3) is 0 Å². The molecule has 0 bridgehead atoms. The molecule has 0 aromatic carbocycles. The maximum absolute atomic E-state index is 11.4. The van der Waals surface area contributed by atoms with Gasteiger partial charge in [-0.25, -0.2) is 0 Å². The lowest BCUT2D eigenvalue weighted by atomic mass is 9.88. The first kappa shape index (κ1) is 14.8. The summed E-state index contributed by atoms with van der Waals surface area (Å²) in [5.74, 6) is -0.0193. The zero-order chi connectivity index (χ0) is 13.9. The van der Waals surface area contributed by atoms with E-state index in [2.05, 4.69) is 12.2 Å². The molecule has 2 saturated carbocycles. The molecule has 2 rings (SSSR count). The first-order valence-corrected chi connectivity index (χ1v) is 7.62. The monoisotopic (exact) mass is 269 g/mol. The lowest BCUT2D eigenvalue weighted by Gasteiger charge is -2.30. The Labute approximate surface area is 115 Å². The third-order valence-corrected chi connectivity index (χ3v) is 4.42. The Balaban J connectivity index is 1.73. The Morgan fingerprint density at radius 3 is 2.68 bits per heavy atom. The van der Waals surface area contributed by atoms with Crippen LogP contribution in [-0.2, 0) is 9.53 Å². The highest BCUT2D eigenvalue weighted by Crippen LogP contribution is 2.27. The molecule has 4 nitrogen and oxygen atoms in total. The average molecular weight is 269 g/mol. The second-order valence-corrected chi connectivity index (χ2v) is 6.57. The van der Waals surface area contributed by atoms with Gasteiger partial charge in [0.1, 0.15) is 5.54 Å². The number of aliphatic carboxylic acids is 1. The van der Waals surface area contributed by atoms with Crippen LogP contribution in [0.3, 0.4) is 0 Å². The molecule has 2 aliphatic rings. The smallest absolute Gasteiger partial charge is 0.323 e. The molecule has 0 saturated heterocycles. The summed E-state index contributed by atoms with van der Waals surface area (Å²) in [5, 5.41) is 12.6. The van der Waals surface area contributed by atoms with Crippen LogP contribution in [0.5, 0.6) is 0 Å². The van der Waals surface area contributed by atoms with Crippen molar-refractivity contribution in [1.82, 2.24) is 5.32 Å². The van der Waals surface area contributed by atoms with Crippen molar-refractivity contribution in [3.05, 3.63) is 0 Å². The number of carbonyl (C=O) groups is 1. The van der Waals surface area contributed by atoms with Crippen molar-refractivity contribution in [3.63, 3.8) is 0 Å². The average Bonchev–Trinajstić information content (AvgIpc) is 3.12. The van der Waals surface area contributed by atoms with E-state index in [4.69, 9.17) is 4.74 Å². The van der Waals surface area contributed by atoms with Crippen LogP contribution in [0.1, 0.15) is 58.8 Å². The molecule has 19 heavy (non-hydrogen) atoms. The minimum atomic E-state index is -0.832. The first-order chi connectivity index (χ1) is 8.99. The molecule has 0 aromatic heterocycles. The Bertz CT molecular complexity index is 317. The number of hydrogen-bond acceptors (Lipinski definition) is 3. The van der Waals surface area contributed by atoms with Crippen molar-refractivity contribution in [2.24, 2.45) is 5.92 Å². The van der Waals surface area contributed by atoms with E-state index in [0.29, 0.717) is 25.2 Å². The van der Waals surface area contributed by atoms with Gasteiger partial charge in [-0.1, -0.05) is 19.8 Å². The molecule has 0 aromatic rings. The van der Waals surface area contributed by atoms with Crippen LogP contribution in [0.2, 0.25) is 0 Å².